The number of aryl methyl sites for hydroxylation is 1. The summed E-state index contributed by atoms with van der Waals surface area (Å²) in [5.41, 5.74) is 7.87. The number of nitrogen functional groups attached to an aromatic ring is 1. The van der Waals surface area contributed by atoms with Gasteiger partial charge in [-0.2, -0.15) is 0 Å². The molecule has 2 aromatic rings. The summed E-state index contributed by atoms with van der Waals surface area (Å²) in [6.45, 7) is 3.40. The molecule has 1 unspecified atom stereocenters. The van der Waals surface area contributed by atoms with Crippen LogP contribution < -0.4 is 11.1 Å². The van der Waals surface area contributed by atoms with Gasteiger partial charge in [0.25, 0.3) is 5.91 Å². The van der Waals surface area contributed by atoms with Gasteiger partial charge in [-0.05, 0) is 31.9 Å². The Morgan fingerprint density at radius 1 is 1.50 bits per heavy atom. The maximum atomic E-state index is 12.4. The van der Waals surface area contributed by atoms with Gasteiger partial charge in [-0.25, -0.2) is 0 Å². The lowest BCUT2D eigenvalue weighted by molar-refractivity contribution is 0.0626. The second kappa shape index (κ2) is 5.42. The van der Waals surface area contributed by atoms with Crippen molar-refractivity contribution in [2.45, 2.75) is 25.8 Å². The quantitative estimate of drug-likeness (QED) is 0.894. The monoisotopic (exact) mass is 290 g/mol. The predicted octanol–water partition coefficient (Wildman–Crippen LogP) is 2.70. The minimum atomic E-state index is -0.0862. The number of hydrogen-bond donors (Lipinski definition) is 2. The summed E-state index contributed by atoms with van der Waals surface area (Å²) in [5, 5.41) is 3.99. The van der Waals surface area contributed by atoms with Crippen LogP contribution in [-0.2, 0) is 4.74 Å². The molecule has 1 saturated heterocycles. The number of hydrogen-bond acceptors (Lipinski definition) is 4. The molecule has 0 saturated carbocycles. The third-order valence-corrected chi connectivity index (χ3v) is 4.77. The highest BCUT2D eigenvalue weighted by molar-refractivity contribution is 7.21. The van der Waals surface area contributed by atoms with Crippen molar-refractivity contribution in [2.75, 3.05) is 18.9 Å². The van der Waals surface area contributed by atoms with Crippen molar-refractivity contribution in [1.82, 2.24) is 5.32 Å². The number of ether oxygens (including phenoxy) is 1. The Kier molecular flexibility index (Phi) is 3.63. The van der Waals surface area contributed by atoms with Crippen LogP contribution in [0, 0.1) is 6.92 Å². The Balaban J connectivity index is 1.85. The van der Waals surface area contributed by atoms with Gasteiger partial charge in [-0.1, -0.05) is 11.6 Å². The Morgan fingerprint density at radius 3 is 3.10 bits per heavy atom. The van der Waals surface area contributed by atoms with Crippen LogP contribution in [0.15, 0.2) is 18.2 Å². The van der Waals surface area contributed by atoms with Gasteiger partial charge in [0.2, 0.25) is 0 Å². The number of fused-ring (bicyclic) bond motifs is 1. The molecule has 1 aromatic carbocycles. The van der Waals surface area contributed by atoms with Gasteiger partial charge in [-0.15, -0.1) is 11.3 Å². The summed E-state index contributed by atoms with van der Waals surface area (Å²) in [7, 11) is 0. The highest BCUT2D eigenvalue weighted by Gasteiger charge is 2.21. The molecule has 0 bridgehead atoms. The molecule has 1 aromatic heterocycles. The molecule has 106 valence electrons. The normalized spacial score (nSPS) is 19.1. The maximum absolute atomic E-state index is 12.4. The Bertz CT molecular complexity index is 645. The number of carbonyl (C=O) groups excluding carboxylic acids is 1. The van der Waals surface area contributed by atoms with Crippen molar-refractivity contribution in [2.24, 2.45) is 0 Å². The van der Waals surface area contributed by atoms with Gasteiger partial charge in [-0.3, -0.25) is 4.79 Å². The summed E-state index contributed by atoms with van der Waals surface area (Å²) in [6.07, 6.45) is 1.96. The Hall–Kier alpha value is -1.59. The van der Waals surface area contributed by atoms with E-state index in [-0.39, 0.29) is 11.9 Å². The van der Waals surface area contributed by atoms with E-state index in [1.807, 2.05) is 25.1 Å². The molecule has 5 heteroatoms. The summed E-state index contributed by atoms with van der Waals surface area (Å²) in [4.78, 5) is 13.0. The lowest BCUT2D eigenvalue weighted by Crippen LogP contribution is -2.40. The molecule has 1 fully saturated rings. The van der Waals surface area contributed by atoms with Crippen LogP contribution in [0.2, 0.25) is 0 Å². The van der Waals surface area contributed by atoms with E-state index in [0.717, 1.165) is 35.1 Å². The lowest BCUT2D eigenvalue weighted by Gasteiger charge is -2.22. The van der Waals surface area contributed by atoms with E-state index >= 15 is 0 Å². The molecule has 1 aliphatic rings. The number of thiophene rings is 1. The molecule has 1 aliphatic heterocycles. The first-order valence-electron chi connectivity index (χ1n) is 6.82. The number of nitrogens with one attached hydrogen (secondary N) is 1. The van der Waals surface area contributed by atoms with Crippen molar-refractivity contribution in [3.8, 4) is 0 Å². The van der Waals surface area contributed by atoms with Crippen LogP contribution in [0.4, 0.5) is 5.69 Å². The average Bonchev–Trinajstić information content (AvgIpc) is 2.77. The average molecular weight is 290 g/mol. The van der Waals surface area contributed by atoms with Crippen LogP contribution in [-0.4, -0.2) is 25.2 Å². The first-order valence-corrected chi connectivity index (χ1v) is 7.64. The molecule has 3 N–H and O–H groups in total. The molecule has 1 atom stereocenters. The number of benzene rings is 1. The van der Waals surface area contributed by atoms with Crippen LogP contribution in [0.25, 0.3) is 10.1 Å². The van der Waals surface area contributed by atoms with E-state index in [9.17, 15) is 4.79 Å². The Labute approximate surface area is 121 Å². The van der Waals surface area contributed by atoms with E-state index in [2.05, 4.69) is 5.32 Å². The van der Waals surface area contributed by atoms with Crippen molar-refractivity contribution in [3.63, 3.8) is 0 Å². The highest BCUT2D eigenvalue weighted by atomic mass is 32.1. The molecule has 4 nitrogen and oxygen atoms in total. The molecular formula is C15H18N2O2S. The van der Waals surface area contributed by atoms with Gasteiger partial charge in [0.05, 0.1) is 18.3 Å². The van der Waals surface area contributed by atoms with Crippen molar-refractivity contribution >= 4 is 33.0 Å². The summed E-state index contributed by atoms with van der Waals surface area (Å²) in [5.74, 6) is -0.0862. The van der Waals surface area contributed by atoms with Crippen LogP contribution in [0.1, 0.15) is 28.1 Å². The maximum Gasteiger partial charge on any atom is 0.263 e. The minimum absolute atomic E-state index is 0.0862. The molecule has 1 amide bonds. The zero-order chi connectivity index (χ0) is 14.1. The number of rotatable bonds is 2. The molecule has 0 radical (unpaired) electrons. The van der Waals surface area contributed by atoms with Gasteiger partial charge in [0.15, 0.2) is 0 Å². The van der Waals surface area contributed by atoms with E-state index in [1.165, 1.54) is 11.3 Å². The molecule has 2 heterocycles. The smallest absolute Gasteiger partial charge is 0.263 e. The molecule has 3 rings (SSSR count). The number of amides is 1. The number of anilines is 1. The van der Waals surface area contributed by atoms with Crippen LogP contribution in [0.5, 0.6) is 0 Å². The summed E-state index contributed by atoms with van der Waals surface area (Å²) in [6, 6.07) is 6.19. The van der Waals surface area contributed by atoms with Crippen LogP contribution >= 0.6 is 11.3 Å². The van der Waals surface area contributed by atoms with Gasteiger partial charge in [0.1, 0.15) is 4.88 Å². The van der Waals surface area contributed by atoms with E-state index in [4.69, 9.17) is 10.5 Å². The van der Waals surface area contributed by atoms with Crippen molar-refractivity contribution in [3.05, 3.63) is 28.6 Å². The SMILES string of the molecule is Cc1ccc2sc(C(=O)NC3CCCOC3)c(N)c2c1. The third kappa shape index (κ3) is 2.51. The standard InChI is InChI=1S/C15H18N2O2S/c1-9-4-5-12-11(7-9)13(16)14(20-12)15(18)17-10-3-2-6-19-8-10/h4-5,7,10H,2-3,6,8,16H2,1H3,(H,17,18). The summed E-state index contributed by atoms with van der Waals surface area (Å²) >= 11 is 1.45. The van der Waals surface area contributed by atoms with Crippen molar-refractivity contribution in [1.29, 1.82) is 0 Å². The van der Waals surface area contributed by atoms with Gasteiger partial charge >= 0.3 is 0 Å². The fraction of sp³-hybridized carbons (Fsp3) is 0.400. The fourth-order valence-electron chi connectivity index (χ4n) is 2.50. The van der Waals surface area contributed by atoms with Crippen molar-refractivity contribution < 1.29 is 9.53 Å². The van der Waals surface area contributed by atoms with E-state index < -0.39 is 0 Å². The third-order valence-electron chi connectivity index (χ3n) is 3.58. The minimum Gasteiger partial charge on any atom is -0.397 e. The topological polar surface area (TPSA) is 64.3 Å². The molecular weight excluding hydrogens is 272 g/mol. The number of nitrogens with two attached hydrogens (primary N) is 1. The zero-order valence-corrected chi connectivity index (χ0v) is 12.3. The largest absolute Gasteiger partial charge is 0.397 e. The molecule has 0 aliphatic carbocycles. The second-order valence-corrected chi connectivity index (χ2v) is 6.28. The Morgan fingerprint density at radius 2 is 2.35 bits per heavy atom. The highest BCUT2D eigenvalue weighted by Crippen LogP contribution is 2.34. The number of carbonyl (C=O) groups is 1. The van der Waals surface area contributed by atoms with E-state index in [0.29, 0.717) is 17.2 Å². The molecule has 20 heavy (non-hydrogen) atoms. The van der Waals surface area contributed by atoms with Gasteiger partial charge < -0.3 is 15.8 Å². The summed E-state index contributed by atoms with van der Waals surface area (Å²) < 4.78 is 6.44. The van der Waals surface area contributed by atoms with E-state index in [1.54, 1.807) is 0 Å². The fourth-order valence-corrected chi connectivity index (χ4v) is 3.51. The molecule has 0 spiro atoms. The lowest BCUT2D eigenvalue weighted by atomic mass is 10.1. The first kappa shape index (κ1) is 13.4. The van der Waals surface area contributed by atoms with Crippen LogP contribution in [0.3, 0.4) is 0 Å². The van der Waals surface area contributed by atoms with Gasteiger partial charge in [0, 0.05) is 16.7 Å². The first-order chi connectivity index (χ1) is 9.65. The second-order valence-electron chi connectivity index (χ2n) is 5.23. The zero-order valence-electron chi connectivity index (χ0n) is 11.4. The predicted molar refractivity (Wildman–Crippen MR) is 82.3 cm³/mol.